The molecule has 0 radical (unpaired) electrons. The Balaban J connectivity index is 1.85. The molecule has 3 rings (SSSR count). The Labute approximate surface area is 152 Å². The number of nitro benzene ring substituents is 1. The number of methoxy groups -OCH3 is 1. The highest BCUT2D eigenvalue weighted by atomic mass is 16.6. The van der Waals surface area contributed by atoms with E-state index in [4.69, 9.17) is 4.74 Å². The number of carbonyl (C=O) groups excluding carboxylic acids is 1. The van der Waals surface area contributed by atoms with E-state index in [2.05, 4.69) is 15.5 Å². The molecule has 2 heterocycles. The number of rotatable bonds is 5. The number of nitrogens with one attached hydrogen (secondary N) is 1. The third-order valence-corrected chi connectivity index (χ3v) is 3.79. The average molecular weight is 369 g/mol. The number of phenols is 1. The number of phenolic OH excluding ortho intramolecular Hbond substituents is 1. The molecular formula is C17H15N5O5. The fraction of sp³-hybridized carbons (Fsp3) is 0.118. The van der Waals surface area contributed by atoms with Crippen molar-refractivity contribution in [3.63, 3.8) is 0 Å². The van der Waals surface area contributed by atoms with Gasteiger partial charge >= 0.3 is 5.69 Å². The van der Waals surface area contributed by atoms with Gasteiger partial charge in [0.15, 0.2) is 5.75 Å². The molecule has 138 valence electrons. The van der Waals surface area contributed by atoms with Crippen molar-refractivity contribution in [2.75, 3.05) is 7.11 Å². The summed E-state index contributed by atoms with van der Waals surface area (Å²) in [5, 5.41) is 24.6. The molecule has 0 aliphatic carbocycles. The first-order valence-corrected chi connectivity index (χ1v) is 7.75. The highest BCUT2D eigenvalue weighted by molar-refractivity contribution is 5.95. The number of nitro groups is 1. The predicted octanol–water partition coefficient (Wildman–Crippen LogP) is 2.03. The first kappa shape index (κ1) is 17.9. The number of benzene rings is 1. The topological polar surface area (TPSA) is 131 Å². The normalized spacial score (nSPS) is 11.0. The number of imidazole rings is 1. The van der Waals surface area contributed by atoms with Crippen molar-refractivity contribution in [1.29, 1.82) is 0 Å². The number of hydrogen-bond donors (Lipinski definition) is 2. The number of nitrogens with zero attached hydrogens (tertiary/aromatic N) is 4. The number of aromatic nitrogens is 2. The summed E-state index contributed by atoms with van der Waals surface area (Å²) >= 11 is 0. The van der Waals surface area contributed by atoms with Crippen molar-refractivity contribution >= 4 is 23.5 Å². The molecule has 1 aromatic carbocycles. The molecule has 10 heteroatoms. The zero-order valence-corrected chi connectivity index (χ0v) is 14.4. The fourth-order valence-electron chi connectivity index (χ4n) is 2.59. The minimum Gasteiger partial charge on any atom is -0.500 e. The highest BCUT2D eigenvalue weighted by Gasteiger charge is 2.19. The van der Waals surface area contributed by atoms with E-state index in [9.17, 15) is 20.0 Å². The van der Waals surface area contributed by atoms with E-state index < -0.39 is 22.3 Å². The molecule has 2 N–H and O–H groups in total. The number of carbonyl (C=O) groups is 1. The summed E-state index contributed by atoms with van der Waals surface area (Å²) in [7, 11) is 1.27. The molecule has 0 saturated heterocycles. The summed E-state index contributed by atoms with van der Waals surface area (Å²) in [6.07, 6.45) is 2.92. The van der Waals surface area contributed by atoms with Crippen molar-refractivity contribution in [2.24, 2.45) is 5.10 Å². The Hall–Kier alpha value is -3.95. The van der Waals surface area contributed by atoms with Gasteiger partial charge in [0.2, 0.25) is 5.75 Å². The molecule has 3 aromatic rings. The minimum atomic E-state index is -0.741. The summed E-state index contributed by atoms with van der Waals surface area (Å²) in [4.78, 5) is 27.0. The second-order valence-corrected chi connectivity index (χ2v) is 5.52. The van der Waals surface area contributed by atoms with Crippen LogP contribution in [0.1, 0.15) is 21.7 Å². The Bertz CT molecular complexity index is 1070. The maximum Gasteiger partial charge on any atom is 0.315 e. The molecule has 0 unspecified atom stereocenters. The van der Waals surface area contributed by atoms with Crippen LogP contribution in [0.5, 0.6) is 11.5 Å². The van der Waals surface area contributed by atoms with Crippen LogP contribution in [0.25, 0.3) is 5.65 Å². The highest BCUT2D eigenvalue weighted by Crippen LogP contribution is 2.36. The number of ether oxygens (including phenoxy) is 1. The number of pyridine rings is 1. The maximum atomic E-state index is 12.4. The standard InChI is InChI=1S/C17H15N5O5/c1-10-15(21-6-4-3-5-14(21)19-10)17(24)20-18-9-11-7-12(22(25)26)16(23)13(8-11)27-2/h3-9,23H,1-2H3,(H,20,24)/b18-9-. The van der Waals surface area contributed by atoms with Gasteiger partial charge in [-0.2, -0.15) is 5.10 Å². The SMILES string of the molecule is COc1cc(/C=N\NC(=O)c2c(C)nc3ccccn23)cc([N+](=O)[O-])c1O. The van der Waals surface area contributed by atoms with E-state index in [1.54, 1.807) is 29.7 Å². The summed E-state index contributed by atoms with van der Waals surface area (Å²) in [5.41, 5.74) is 3.60. The maximum absolute atomic E-state index is 12.4. The van der Waals surface area contributed by atoms with Crippen molar-refractivity contribution in [2.45, 2.75) is 6.92 Å². The smallest absolute Gasteiger partial charge is 0.315 e. The van der Waals surface area contributed by atoms with Crippen LogP contribution in [0.4, 0.5) is 5.69 Å². The molecule has 0 aliphatic rings. The van der Waals surface area contributed by atoms with Gasteiger partial charge in [-0.15, -0.1) is 0 Å². The van der Waals surface area contributed by atoms with Crippen LogP contribution in [0.3, 0.4) is 0 Å². The second-order valence-electron chi connectivity index (χ2n) is 5.52. The molecule has 0 saturated carbocycles. The molecule has 1 amide bonds. The molecule has 0 spiro atoms. The van der Waals surface area contributed by atoms with E-state index in [0.717, 1.165) is 6.07 Å². The lowest BCUT2D eigenvalue weighted by Gasteiger charge is -2.05. The van der Waals surface area contributed by atoms with E-state index in [1.165, 1.54) is 19.4 Å². The van der Waals surface area contributed by atoms with Crippen molar-refractivity contribution in [1.82, 2.24) is 14.8 Å². The van der Waals surface area contributed by atoms with Crippen LogP contribution in [0, 0.1) is 17.0 Å². The van der Waals surface area contributed by atoms with E-state index in [-0.39, 0.29) is 11.3 Å². The number of aromatic hydroxyl groups is 1. The minimum absolute atomic E-state index is 0.0744. The number of hydrazone groups is 1. The Morgan fingerprint density at radius 1 is 1.44 bits per heavy atom. The van der Waals surface area contributed by atoms with E-state index in [1.807, 2.05) is 6.07 Å². The Morgan fingerprint density at radius 2 is 2.22 bits per heavy atom. The molecule has 0 atom stereocenters. The fourth-order valence-corrected chi connectivity index (χ4v) is 2.59. The zero-order valence-electron chi connectivity index (χ0n) is 14.4. The molecular weight excluding hydrogens is 354 g/mol. The van der Waals surface area contributed by atoms with Crippen LogP contribution in [-0.2, 0) is 0 Å². The molecule has 10 nitrogen and oxygen atoms in total. The third kappa shape index (κ3) is 3.40. The molecule has 2 aromatic heterocycles. The summed E-state index contributed by atoms with van der Waals surface area (Å²) in [6.45, 7) is 1.71. The van der Waals surface area contributed by atoms with Crippen LogP contribution in [0.15, 0.2) is 41.6 Å². The summed E-state index contributed by atoms with van der Waals surface area (Å²) < 4.78 is 6.55. The van der Waals surface area contributed by atoms with E-state index >= 15 is 0 Å². The number of fused-ring (bicyclic) bond motifs is 1. The van der Waals surface area contributed by atoms with Gasteiger partial charge in [0.05, 0.1) is 23.9 Å². The third-order valence-electron chi connectivity index (χ3n) is 3.79. The average Bonchev–Trinajstić information content (AvgIpc) is 2.98. The van der Waals surface area contributed by atoms with Gasteiger partial charge in [0, 0.05) is 17.8 Å². The summed E-state index contributed by atoms with van der Waals surface area (Å²) in [6, 6.07) is 7.84. The zero-order chi connectivity index (χ0) is 19.6. The van der Waals surface area contributed by atoms with Gasteiger partial charge in [-0.1, -0.05) is 6.07 Å². The summed E-state index contributed by atoms with van der Waals surface area (Å²) in [5.74, 6) is -1.14. The largest absolute Gasteiger partial charge is 0.500 e. The second kappa shape index (κ2) is 7.12. The van der Waals surface area contributed by atoms with E-state index in [0.29, 0.717) is 17.0 Å². The van der Waals surface area contributed by atoms with Crippen molar-refractivity contribution in [3.05, 3.63) is 63.6 Å². The molecule has 27 heavy (non-hydrogen) atoms. The lowest BCUT2D eigenvalue weighted by molar-refractivity contribution is -0.386. The first-order chi connectivity index (χ1) is 12.9. The van der Waals surface area contributed by atoms with Crippen LogP contribution < -0.4 is 10.2 Å². The Kier molecular flexibility index (Phi) is 4.71. The van der Waals surface area contributed by atoms with Gasteiger partial charge in [0.1, 0.15) is 11.3 Å². The van der Waals surface area contributed by atoms with Crippen LogP contribution >= 0.6 is 0 Å². The van der Waals surface area contributed by atoms with Gasteiger partial charge in [-0.05, 0) is 25.1 Å². The van der Waals surface area contributed by atoms with Gasteiger partial charge in [-0.3, -0.25) is 19.3 Å². The predicted molar refractivity (Wildman–Crippen MR) is 96.3 cm³/mol. The van der Waals surface area contributed by atoms with Crippen LogP contribution in [-0.4, -0.2) is 38.6 Å². The van der Waals surface area contributed by atoms with Crippen LogP contribution in [0.2, 0.25) is 0 Å². The number of aryl methyl sites for hydroxylation is 1. The number of amides is 1. The van der Waals surface area contributed by atoms with Gasteiger partial charge < -0.3 is 9.84 Å². The van der Waals surface area contributed by atoms with Crippen molar-refractivity contribution in [3.8, 4) is 11.5 Å². The number of hydrogen-bond acceptors (Lipinski definition) is 7. The van der Waals surface area contributed by atoms with Crippen molar-refractivity contribution < 1.29 is 19.6 Å². The molecule has 0 bridgehead atoms. The Morgan fingerprint density at radius 3 is 2.93 bits per heavy atom. The molecule has 0 fully saturated rings. The quantitative estimate of drug-likeness (QED) is 0.402. The lowest BCUT2D eigenvalue weighted by Crippen LogP contribution is -2.20. The monoisotopic (exact) mass is 369 g/mol. The van der Waals surface area contributed by atoms with Gasteiger partial charge in [0.25, 0.3) is 5.91 Å². The first-order valence-electron chi connectivity index (χ1n) is 7.75. The van der Waals surface area contributed by atoms with Gasteiger partial charge in [-0.25, -0.2) is 10.4 Å². The lowest BCUT2D eigenvalue weighted by atomic mass is 10.2. The molecule has 0 aliphatic heterocycles.